The zero-order chi connectivity index (χ0) is 16.2. The summed E-state index contributed by atoms with van der Waals surface area (Å²) in [4.78, 5) is 16.4. The number of aromatic hydroxyl groups is 1. The Kier molecular flexibility index (Phi) is 4.34. The van der Waals surface area contributed by atoms with Gasteiger partial charge in [0.05, 0.1) is 12.2 Å². The summed E-state index contributed by atoms with van der Waals surface area (Å²) >= 11 is 1.44. The van der Waals surface area contributed by atoms with Crippen molar-refractivity contribution in [3.05, 3.63) is 70.3 Å². The number of carbonyl (C=O) groups excluding carboxylic acids is 1. The number of thiazole rings is 1. The number of phenols is 1. The maximum absolute atomic E-state index is 12.8. The highest BCUT2D eigenvalue weighted by Gasteiger charge is 2.08. The molecule has 116 valence electrons. The van der Waals surface area contributed by atoms with E-state index in [1.807, 2.05) is 5.38 Å². The molecule has 0 atom stereocenters. The van der Waals surface area contributed by atoms with E-state index in [2.05, 4.69) is 10.3 Å². The molecule has 0 aliphatic heterocycles. The largest absolute Gasteiger partial charge is 0.508 e. The fraction of sp³-hybridized carbons (Fsp3) is 0.0588. The van der Waals surface area contributed by atoms with E-state index in [1.165, 1.54) is 35.6 Å². The molecular weight excluding hydrogens is 315 g/mol. The van der Waals surface area contributed by atoms with Crippen LogP contribution < -0.4 is 5.32 Å². The summed E-state index contributed by atoms with van der Waals surface area (Å²) in [6, 6.07) is 12.1. The first-order valence-electron chi connectivity index (χ1n) is 6.89. The third-order valence-electron chi connectivity index (χ3n) is 3.22. The molecule has 0 saturated carbocycles. The molecule has 2 aromatic carbocycles. The van der Waals surface area contributed by atoms with Crippen LogP contribution in [0.5, 0.6) is 5.75 Å². The van der Waals surface area contributed by atoms with Crippen molar-refractivity contribution in [2.75, 3.05) is 0 Å². The number of aromatic nitrogens is 1. The number of rotatable bonds is 4. The number of carbonyl (C=O) groups is 1. The van der Waals surface area contributed by atoms with Gasteiger partial charge in [-0.2, -0.15) is 0 Å². The van der Waals surface area contributed by atoms with Crippen LogP contribution in [0, 0.1) is 5.82 Å². The fourth-order valence-corrected chi connectivity index (χ4v) is 2.76. The highest BCUT2D eigenvalue weighted by molar-refractivity contribution is 7.09. The van der Waals surface area contributed by atoms with Crippen LogP contribution >= 0.6 is 11.3 Å². The number of hydrogen-bond donors (Lipinski definition) is 2. The molecule has 0 saturated heterocycles. The SMILES string of the molecule is O=C(NCc1nc(-c2ccc(O)cc2)cs1)c1ccc(F)cc1. The van der Waals surface area contributed by atoms with E-state index in [0.29, 0.717) is 12.1 Å². The van der Waals surface area contributed by atoms with E-state index >= 15 is 0 Å². The van der Waals surface area contributed by atoms with Crippen molar-refractivity contribution in [1.82, 2.24) is 10.3 Å². The van der Waals surface area contributed by atoms with Crippen LogP contribution in [0.15, 0.2) is 53.9 Å². The van der Waals surface area contributed by atoms with Crippen molar-refractivity contribution >= 4 is 17.2 Å². The molecule has 4 nitrogen and oxygen atoms in total. The Labute approximate surface area is 136 Å². The predicted octanol–water partition coefficient (Wildman–Crippen LogP) is 3.58. The van der Waals surface area contributed by atoms with Gasteiger partial charge in [0.25, 0.3) is 5.91 Å². The van der Waals surface area contributed by atoms with Gasteiger partial charge in [-0.3, -0.25) is 4.79 Å². The molecule has 3 aromatic rings. The lowest BCUT2D eigenvalue weighted by atomic mass is 10.2. The van der Waals surface area contributed by atoms with E-state index in [4.69, 9.17) is 0 Å². The maximum Gasteiger partial charge on any atom is 0.251 e. The molecule has 3 rings (SSSR count). The zero-order valence-corrected chi connectivity index (χ0v) is 12.8. The summed E-state index contributed by atoms with van der Waals surface area (Å²) in [5.74, 6) is -0.442. The summed E-state index contributed by atoms with van der Waals surface area (Å²) in [6.45, 7) is 0.305. The predicted molar refractivity (Wildman–Crippen MR) is 86.8 cm³/mol. The molecule has 6 heteroatoms. The minimum absolute atomic E-state index is 0.204. The van der Waals surface area contributed by atoms with E-state index in [9.17, 15) is 14.3 Å². The van der Waals surface area contributed by atoms with Crippen LogP contribution in [0.1, 0.15) is 15.4 Å². The van der Waals surface area contributed by atoms with Gasteiger partial charge in [0.2, 0.25) is 0 Å². The third-order valence-corrected chi connectivity index (χ3v) is 4.07. The van der Waals surface area contributed by atoms with Crippen molar-refractivity contribution < 1.29 is 14.3 Å². The summed E-state index contributed by atoms with van der Waals surface area (Å²) in [5, 5.41) is 14.7. The molecule has 23 heavy (non-hydrogen) atoms. The average Bonchev–Trinajstić information content (AvgIpc) is 3.03. The molecule has 2 N–H and O–H groups in total. The summed E-state index contributed by atoms with van der Waals surface area (Å²) < 4.78 is 12.8. The Hall–Kier alpha value is -2.73. The summed E-state index contributed by atoms with van der Waals surface area (Å²) in [6.07, 6.45) is 0. The van der Waals surface area contributed by atoms with Crippen LogP contribution in [0.2, 0.25) is 0 Å². The highest BCUT2D eigenvalue weighted by atomic mass is 32.1. The van der Waals surface area contributed by atoms with E-state index in [0.717, 1.165) is 16.3 Å². The zero-order valence-electron chi connectivity index (χ0n) is 12.0. The smallest absolute Gasteiger partial charge is 0.251 e. The molecule has 0 aliphatic rings. The Morgan fingerprint density at radius 2 is 1.83 bits per heavy atom. The molecule has 0 aliphatic carbocycles. The number of amides is 1. The molecule has 1 heterocycles. The number of halogens is 1. The Morgan fingerprint density at radius 3 is 2.52 bits per heavy atom. The quantitative estimate of drug-likeness (QED) is 0.769. The molecule has 0 bridgehead atoms. The van der Waals surface area contributed by atoms with Gasteiger partial charge in [0, 0.05) is 16.5 Å². The number of hydrogen-bond acceptors (Lipinski definition) is 4. The van der Waals surface area contributed by atoms with Gasteiger partial charge in [-0.05, 0) is 48.5 Å². The van der Waals surface area contributed by atoms with E-state index < -0.39 is 0 Å². The topological polar surface area (TPSA) is 62.2 Å². The van der Waals surface area contributed by atoms with Crippen LogP contribution in [0.25, 0.3) is 11.3 Å². The van der Waals surface area contributed by atoms with Crippen LogP contribution in [0.3, 0.4) is 0 Å². The first-order valence-corrected chi connectivity index (χ1v) is 7.77. The van der Waals surface area contributed by atoms with Gasteiger partial charge in [0.15, 0.2) is 0 Å². The van der Waals surface area contributed by atoms with Crippen molar-refractivity contribution in [3.8, 4) is 17.0 Å². The van der Waals surface area contributed by atoms with E-state index in [-0.39, 0.29) is 17.5 Å². The highest BCUT2D eigenvalue weighted by Crippen LogP contribution is 2.23. The molecule has 0 radical (unpaired) electrons. The molecule has 0 fully saturated rings. The monoisotopic (exact) mass is 328 g/mol. The third kappa shape index (κ3) is 3.73. The Balaban J connectivity index is 1.64. The van der Waals surface area contributed by atoms with Gasteiger partial charge < -0.3 is 10.4 Å². The molecule has 1 amide bonds. The average molecular weight is 328 g/mol. The van der Waals surface area contributed by atoms with Gasteiger partial charge in [0.1, 0.15) is 16.6 Å². The van der Waals surface area contributed by atoms with Crippen molar-refractivity contribution in [1.29, 1.82) is 0 Å². The first-order chi connectivity index (χ1) is 11.1. The minimum Gasteiger partial charge on any atom is -0.508 e. The second kappa shape index (κ2) is 6.58. The standard InChI is InChI=1S/C17H13FN2O2S/c18-13-5-1-12(2-6-13)17(22)19-9-16-20-15(10-23-16)11-3-7-14(21)8-4-11/h1-8,10,21H,9H2,(H,19,22). The minimum atomic E-state index is -0.375. The molecule has 0 spiro atoms. The lowest BCUT2D eigenvalue weighted by Gasteiger charge is -2.03. The lowest BCUT2D eigenvalue weighted by molar-refractivity contribution is 0.0951. The van der Waals surface area contributed by atoms with Gasteiger partial charge in [-0.15, -0.1) is 11.3 Å². The second-order valence-corrected chi connectivity index (χ2v) is 5.81. The van der Waals surface area contributed by atoms with Gasteiger partial charge >= 0.3 is 0 Å². The molecule has 0 unspecified atom stereocenters. The van der Waals surface area contributed by atoms with Crippen molar-refractivity contribution in [3.63, 3.8) is 0 Å². The normalized spacial score (nSPS) is 10.5. The summed E-state index contributed by atoms with van der Waals surface area (Å²) in [5.41, 5.74) is 2.10. The second-order valence-electron chi connectivity index (χ2n) is 4.86. The van der Waals surface area contributed by atoms with Crippen LogP contribution in [-0.4, -0.2) is 16.0 Å². The van der Waals surface area contributed by atoms with Crippen molar-refractivity contribution in [2.24, 2.45) is 0 Å². The number of nitrogens with one attached hydrogen (secondary N) is 1. The lowest BCUT2D eigenvalue weighted by Crippen LogP contribution is -2.22. The first kappa shape index (κ1) is 15.2. The summed E-state index contributed by atoms with van der Waals surface area (Å²) in [7, 11) is 0. The van der Waals surface area contributed by atoms with Gasteiger partial charge in [-0.1, -0.05) is 0 Å². The maximum atomic E-state index is 12.8. The Morgan fingerprint density at radius 1 is 1.13 bits per heavy atom. The van der Waals surface area contributed by atoms with Crippen molar-refractivity contribution in [2.45, 2.75) is 6.54 Å². The van der Waals surface area contributed by atoms with Gasteiger partial charge in [-0.25, -0.2) is 9.37 Å². The fourth-order valence-electron chi connectivity index (χ4n) is 2.02. The number of nitrogens with zero attached hydrogens (tertiary/aromatic N) is 1. The van der Waals surface area contributed by atoms with Crippen LogP contribution in [-0.2, 0) is 6.54 Å². The molecular formula is C17H13FN2O2S. The Bertz CT molecular complexity index is 813. The number of phenolic OH excluding ortho intramolecular Hbond substituents is 1. The van der Waals surface area contributed by atoms with Crippen LogP contribution in [0.4, 0.5) is 4.39 Å². The van der Waals surface area contributed by atoms with E-state index in [1.54, 1.807) is 24.3 Å². The number of benzene rings is 2. The molecule has 1 aromatic heterocycles.